The second kappa shape index (κ2) is 3.48. The van der Waals surface area contributed by atoms with Gasteiger partial charge in [0.25, 0.3) is 0 Å². The van der Waals surface area contributed by atoms with Gasteiger partial charge in [-0.05, 0) is 49.4 Å². The van der Waals surface area contributed by atoms with Gasteiger partial charge in [-0.3, -0.25) is 0 Å². The van der Waals surface area contributed by atoms with E-state index in [9.17, 15) is 13.2 Å². The van der Waals surface area contributed by atoms with E-state index < -0.39 is 11.7 Å². The van der Waals surface area contributed by atoms with E-state index in [1.807, 2.05) is 6.92 Å². The molecule has 0 fully saturated rings. The fraction of sp³-hybridized carbons (Fsp3) is 0.500. The van der Waals surface area contributed by atoms with Crippen molar-refractivity contribution >= 4 is 0 Å². The predicted octanol–water partition coefficient (Wildman–Crippen LogP) is 2.91. The zero-order chi connectivity index (χ0) is 12.0. The Hall–Kier alpha value is -1.03. The van der Waals surface area contributed by atoms with E-state index in [2.05, 4.69) is 0 Å². The normalized spacial score (nSPS) is 25.3. The lowest BCUT2D eigenvalue weighted by Crippen LogP contribution is -2.41. The molecule has 16 heavy (non-hydrogen) atoms. The molecule has 1 aromatic rings. The Labute approximate surface area is 92.5 Å². The standard InChI is InChI=1S/C12H14F3N/c1-11(16)5-4-8-2-3-10(12(13,14)15)6-9(8)7-11/h2-3,6H,4-5,7,16H2,1H3. The van der Waals surface area contributed by atoms with Gasteiger partial charge in [0.15, 0.2) is 0 Å². The van der Waals surface area contributed by atoms with Gasteiger partial charge < -0.3 is 5.73 Å². The molecule has 4 heteroatoms. The first-order chi connectivity index (χ1) is 7.28. The minimum Gasteiger partial charge on any atom is -0.325 e. The first kappa shape index (κ1) is 11.5. The lowest BCUT2D eigenvalue weighted by atomic mass is 9.79. The summed E-state index contributed by atoms with van der Waals surface area (Å²) >= 11 is 0. The number of nitrogens with two attached hydrogens (primary N) is 1. The molecule has 1 unspecified atom stereocenters. The molecule has 1 aromatic carbocycles. The Morgan fingerprint density at radius 2 is 1.94 bits per heavy atom. The second-order valence-electron chi connectivity index (χ2n) is 4.81. The summed E-state index contributed by atoms with van der Waals surface area (Å²) in [5.41, 5.74) is 6.75. The van der Waals surface area contributed by atoms with Crippen molar-refractivity contribution in [2.75, 3.05) is 0 Å². The van der Waals surface area contributed by atoms with E-state index >= 15 is 0 Å². The first-order valence-electron chi connectivity index (χ1n) is 5.26. The summed E-state index contributed by atoms with van der Waals surface area (Å²) in [5, 5.41) is 0. The van der Waals surface area contributed by atoms with E-state index in [1.165, 1.54) is 6.07 Å². The van der Waals surface area contributed by atoms with Gasteiger partial charge in [0, 0.05) is 5.54 Å². The van der Waals surface area contributed by atoms with E-state index in [-0.39, 0.29) is 5.54 Å². The van der Waals surface area contributed by atoms with Crippen molar-refractivity contribution < 1.29 is 13.2 Å². The molecule has 1 aliphatic rings. The summed E-state index contributed by atoms with van der Waals surface area (Å²) in [6.07, 6.45) is -2.16. The van der Waals surface area contributed by atoms with E-state index in [0.29, 0.717) is 6.42 Å². The second-order valence-corrected chi connectivity index (χ2v) is 4.81. The summed E-state index contributed by atoms with van der Waals surface area (Å²) in [7, 11) is 0. The smallest absolute Gasteiger partial charge is 0.325 e. The van der Waals surface area contributed by atoms with Crippen LogP contribution in [0.5, 0.6) is 0 Å². The van der Waals surface area contributed by atoms with Crippen molar-refractivity contribution in [2.24, 2.45) is 5.73 Å². The maximum absolute atomic E-state index is 12.5. The predicted molar refractivity (Wildman–Crippen MR) is 56.1 cm³/mol. The summed E-state index contributed by atoms with van der Waals surface area (Å²) in [5.74, 6) is 0. The first-order valence-corrected chi connectivity index (χ1v) is 5.26. The molecule has 0 aromatic heterocycles. The minimum atomic E-state index is -4.27. The lowest BCUT2D eigenvalue weighted by Gasteiger charge is -2.31. The molecule has 0 heterocycles. The van der Waals surface area contributed by atoms with Crippen molar-refractivity contribution in [3.63, 3.8) is 0 Å². The Morgan fingerprint density at radius 1 is 1.25 bits per heavy atom. The van der Waals surface area contributed by atoms with Crippen molar-refractivity contribution in [2.45, 2.75) is 37.9 Å². The molecule has 0 radical (unpaired) electrons. The number of halogens is 3. The monoisotopic (exact) mass is 229 g/mol. The number of rotatable bonds is 0. The van der Waals surface area contributed by atoms with Gasteiger partial charge in [-0.1, -0.05) is 6.07 Å². The van der Waals surface area contributed by atoms with Gasteiger partial charge in [0.2, 0.25) is 0 Å². The average molecular weight is 229 g/mol. The molecule has 2 N–H and O–H groups in total. The number of hydrogen-bond donors (Lipinski definition) is 1. The van der Waals surface area contributed by atoms with Crippen molar-refractivity contribution in [1.29, 1.82) is 0 Å². The summed E-state index contributed by atoms with van der Waals surface area (Å²) in [6, 6.07) is 3.96. The number of fused-ring (bicyclic) bond motifs is 1. The van der Waals surface area contributed by atoms with Crippen molar-refractivity contribution in [1.82, 2.24) is 0 Å². The van der Waals surface area contributed by atoms with Crippen LogP contribution in [0.4, 0.5) is 13.2 Å². The highest BCUT2D eigenvalue weighted by Gasteiger charge is 2.33. The minimum absolute atomic E-state index is 0.378. The summed E-state index contributed by atoms with van der Waals surface area (Å²) in [4.78, 5) is 0. The molecule has 0 bridgehead atoms. The van der Waals surface area contributed by atoms with E-state index in [0.717, 1.165) is 30.0 Å². The highest BCUT2D eigenvalue weighted by atomic mass is 19.4. The van der Waals surface area contributed by atoms with Crippen LogP contribution in [0.3, 0.4) is 0 Å². The fourth-order valence-electron chi connectivity index (χ4n) is 2.15. The van der Waals surface area contributed by atoms with Gasteiger partial charge in [0.05, 0.1) is 5.56 Å². The van der Waals surface area contributed by atoms with Gasteiger partial charge in [-0.15, -0.1) is 0 Å². The molecule has 1 aliphatic carbocycles. The van der Waals surface area contributed by atoms with Crippen LogP contribution in [0, 0.1) is 0 Å². The largest absolute Gasteiger partial charge is 0.416 e. The van der Waals surface area contributed by atoms with Crippen LogP contribution in [0.15, 0.2) is 18.2 Å². The lowest BCUT2D eigenvalue weighted by molar-refractivity contribution is -0.137. The SMILES string of the molecule is CC1(N)CCc2ccc(C(F)(F)F)cc2C1. The fourth-order valence-corrected chi connectivity index (χ4v) is 2.15. The average Bonchev–Trinajstić information content (AvgIpc) is 2.13. The molecule has 0 aliphatic heterocycles. The summed E-state index contributed by atoms with van der Waals surface area (Å²) < 4.78 is 37.6. The zero-order valence-electron chi connectivity index (χ0n) is 9.06. The van der Waals surface area contributed by atoms with Gasteiger partial charge in [0.1, 0.15) is 0 Å². The van der Waals surface area contributed by atoms with Gasteiger partial charge in [-0.25, -0.2) is 0 Å². The van der Waals surface area contributed by atoms with Crippen LogP contribution in [0.1, 0.15) is 30.0 Å². The Kier molecular flexibility index (Phi) is 2.49. The Balaban J connectivity index is 2.39. The third-order valence-electron chi connectivity index (χ3n) is 3.09. The third kappa shape index (κ3) is 2.21. The van der Waals surface area contributed by atoms with Crippen LogP contribution < -0.4 is 5.73 Å². The highest BCUT2D eigenvalue weighted by Crippen LogP contribution is 2.34. The van der Waals surface area contributed by atoms with Crippen molar-refractivity contribution in [3.05, 3.63) is 34.9 Å². The van der Waals surface area contributed by atoms with Crippen LogP contribution in [0.2, 0.25) is 0 Å². The van der Waals surface area contributed by atoms with Gasteiger partial charge >= 0.3 is 6.18 Å². The number of alkyl halides is 3. The van der Waals surface area contributed by atoms with Crippen LogP contribution in [0.25, 0.3) is 0 Å². The molecule has 1 nitrogen and oxygen atoms in total. The molecular formula is C12H14F3N. The molecule has 0 saturated heterocycles. The molecule has 0 amide bonds. The Bertz CT molecular complexity index is 407. The topological polar surface area (TPSA) is 26.0 Å². The van der Waals surface area contributed by atoms with Crippen LogP contribution in [-0.4, -0.2) is 5.54 Å². The molecular weight excluding hydrogens is 215 g/mol. The molecule has 2 rings (SSSR count). The Morgan fingerprint density at radius 3 is 2.56 bits per heavy atom. The number of benzene rings is 1. The van der Waals surface area contributed by atoms with E-state index in [4.69, 9.17) is 5.73 Å². The van der Waals surface area contributed by atoms with Crippen molar-refractivity contribution in [3.8, 4) is 0 Å². The summed E-state index contributed by atoms with van der Waals surface area (Å²) in [6.45, 7) is 1.89. The molecule has 0 spiro atoms. The molecule has 88 valence electrons. The highest BCUT2D eigenvalue weighted by molar-refractivity contribution is 5.36. The zero-order valence-corrected chi connectivity index (χ0v) is 9.06. The quantitative estimate of drug-likeness (QED) is 0.727. The molecule has 1 atom stereocenters. The number of hydrogen-bond acceptors (Lipinski definition) is 1. The molecule has 0 saturated carbocycles. The third-order valence-corrected chi connectivity index (χ3v) is 3.09. The van der Waals surface area contributed by atoms with Gasteiger partial charge in [-0.2, -0.15) is 13.2 Å². The van der Waals surface area contributed by atoms with Crippen LogP contribution in [-0.2, 0) is 19.0 Å². The maximum atomic E-state index is 12.5. The van der Waals surface area contributed by atoms with Crippen LogP contribution >= 0.6 is 0 Å². The maximum Gasteiger partial charge on any atom is 0.416 e. The number of aryl methyl sites for hydroxylation is 1. The van der Waals surface area contributed by atoms with E-state index in [1.54, 1.807) is 6.07 Å².